The van der Waals surface area contributed by atoms with Gasteiger partial charge in [0.2, 0.25) is 5.91 Å². The molecule has 1 fully saturated rings. The third-order valence-corrected chi connectivity index (χ3v) is 5.99. The zero-order valence-electron chi connectivity index (χ0n) is 16.2. The summed E-state index contributed by atoms with van der Waals surface area (Å²) in [5, 5.41) is 3.01. The summed E-state index contributed by atoms with van der Waals surface area (Å²) in [6.45, 7) is 2.99. The van der Waals surface area contributed by atoms with Gasteiger partial charge in [0.25, 0.3) is 5.56 Å². The minimum atomic E-state index is -0.834. The van der Waals surface area contributed by atoms with Gasteiger partial charge in [0.05, 0.1) is 0 Å². The van der Waals surface area contributed by atoms with Gasteiger partial charge in [-0.2, -0.15) is 0 Å². The van der Waals surface area contributed by atoms with Crippen LogP contribution in [0.2, 0.25) is 0 Å². The lowest BCUT2D eigenvalue weighted by Crippen LogP contribution is -2.41. The van der Waals surface area contributed by atoms with Gasteiger partial charge < -0.3 is 10.2 Å². The lowest BCUT2D eigenvalue weighted by molar-refractivity contribution is -0.116. The number of nitrogens with zero attached hydrogens (tertiary/aromatic N) is 4. The van der Waals surface area contributed by atoms with E-state index in [0.717, 1.165) is 47.2 Å². The second-order valence-electron chi connectivity index (χ2n) is 6.97. The Balaban J connectivity index is 1.73. The zero-order chi connectivity index (χ0) is 21.4. The van der Waals surface area contributed by atoms with Crippen LogP contribution in [-0.2, 0) is 17.9 Å². The van der Waals surface area contributed by atoms with E-state index in [2.05, 4.69) is 10.3 Å². The molecule has 0 bridgehead atoms. The molecule has 1 aliphatic heterocycles. The molecule has 158 valence electrons. The largest absolute Gasteiger partial charge is 0.348 e. The Hall–Kier alpha value is -3.08. The number of hydrogen-bond donors (Lipinski definition) is 1. The predicted octanol–water partition coefficient (Wildman–Crippen LogP) is 2.16. The SMILES string of the molecule is CCn1c(=O)c2sc(N3CCCC3)nc2n(CC(=O)Nc2cc(F)cc(F)c2)c1=O. The van der Waals surface area contributed by atoms with Crippen LogP contribution in [0.5, 0.6) is 0 Å². The highest BCUT2D eigenvalue weighted by atomic mass is 32.1. The number of aromatic nitrogens is 3. The fraction of sp³-hybridized carbons (Fsp3) is 0.368. The van der Waals surface area contributed by atoms with Crippen molar-refractivity contribution in [3.63, 3.8) is 0 Å². The molecule has 1 N–H and O–H groups in total. The first-order valence-electron chi connectivity index (χ1n) is 9.52. The van der Waals surface area contributed by atoms with Gasteiger partial charge in [-0.1, -0.05) is 11.3 Å². The number of rotatable bonds is 5. The van der Waals surface area contributed by atoms with E-state index in [1.165, 1.54) is 11.3 Å². The summed E-state index contributed by atoms with van der Waals surface area (Å²) in [6.07, 6.45) is 2.04. The lowest BCUT2D eigenvalue weighted by atomic mass is 10.3. The molecule has 1 amide bonds. The molecule has 0 unspecified atom stereocenters. The Morgan fingerprint density at radius 2 is 1.80 bits per heavy atom. The Morgan fingerprint density at radius 1 is 1.13 bits per heavy atom. The summed E-state index contributed by atoms with van der Waals surface area (Å²) in [4.78, 5) is 44.6. The van der Waals surface area contributed by atoms with Gasteiger partial charge in [-0.15, -0.1) is 0 Å². The molecule has 3 aromatic rings. The average molecular weight is 435 g/mol. The van der Waals surface area contributed by atoms with Crippen LogP contribution in [0.1, 0.15) is 19.8 Å². The summed E-state index contributed by atoms with van der Waals surface area (Å²) < 4.78 is 29.2. The van der Waals surface area contributed by atoms with Crippen molar-refractivity contribution in [3.8, 4) is 0 Å². The van der Waals surface area contributed by atoms with Crippen molar-refractivity contribution in [2.75, 3.05) is 23.3 Å². The van der Waals surface area contributed by atoms with Crippen molar-refractivity contribution < 1.29 is 13.6 Å². The molecule has 0 spiro atoms. The van der Waals surface area contributed by atoms with Crippen LogP contribution >= 0.6 is 11.3 Å². The number of carbonyl (C=O) groups is 1. The van der Waals surface area contributed by atoms with Gasteiger partial charge in [-0.25, -0.2) is 18.6 Å². The van der Waals surface area contributed by atoms with E-state index < -0.39 is 35.3 Å². The summed E-state index contributed by atoms with van der Waals surface area (Å²) in [5.41, 5.74) is -1.03. The fourth-order valence-electron chi connectivity index (χ4n) is 3.50. The Kier molecular flexibility index (Phi) is 5.37. The van der Waals surface area contributed by atoms with Crippen molar-refractivity contribution >= 4 is 38.4 Å². The van der Waals surface area contributed by atoms with Crippen LogP contribution in [0, 0.1) is 11.6 Å². The van der Waals surface area contributed by atoms with E-state index in [9.17, 15) is 23.2 Å². The van der Waals surface area contributed by atoms with E-state index in [4.69, 9.17) is 0 Å². The van der Waals surface area contributed by atoms with E-state index in [-0.39, 0.29) is 17.9 Å². The zero-order valence-corrected chi connectivity index (χ0v) is 17.0. The average Bonchev–Trinajstić information content (AvgIpc) is 3.34. The topological polar surface area (TPSA) is 89.2 Å². The van der Waals surface area contributed by atoms with Gasteiger partial charge in [-0.05, 0) is 31.9 Å². The molecule has 1 saturated heterocycles. The molecule has 4 rings (SSSR count). The Labute approximate surface area is 173 Å². The first-order valence-corrected chi connectivity index (χ1v) is 10.3. The van der Waals surface area contributed by atoms with Crippen molar-refractivity contribution in [2.45, 2.75) is 32.9 Å². The Morgan fingerprint density at radius 3 is 2.43 bits per heavy atom. The summed E-state index contributed by atoms with van der Waals surface area (Å²) >= 11 is 1.20. The first kappa shape index (κ1) is 20.2. The van der Waals surface area contributed by atoms with Crippen molar-refractivity contribution in [2.24, 2.45) is 0 Å². The van der Waals surface area contributed by atoms with Gasteiger partial charge >= 0.3 is 5.69 Å². The van der Waals surface area contributed by atoms with Crippen LogP contribution < -0.4 is 21.5 Å². The molecular weight excluding hydrogens is 416 g/mol. The summed E-state index contributed by atoms with van der Waals surface area (Å²) in [5.74, 6) is -2.33. The van der Waals surface area contributed by atoms with Crippen molar-refractivity contribution in [3.05, 3.63) is 50.7 Å². The van der Waals surface area contributed by atoms with E-state index in [0.29, 0.717) is 15.9 Å². The number of carbonyl (C=O) groups excluding carboxylic acids is 1. The van der Waals surface area contributed by atoms with E-state index in [1.54, 1.807) is 6.92 Å². The maximum Gasteiger partial charge on any atom is 0.333 e. The van der Waals surface area contributed by atoms with Crippen LogP contribution in [0.15, 0.2) is 27.8 Å². The molecule has 11 heteroatoms. The number of nitrogens with one attached hydrogen (secondary N) is 1. The molecule has 3 heterocycles. The fourth-order valence-corrected chi connectivity index (χ4v) is 4.58. The normalized spacial score (nSPS) is 13.9. The predicted molar refractivity (Wildman–Crippen MR) is 110 cm³/mol. The molecule has 0 aliphatic carbocycles. The standard InChI is InChI=1S/C19H19F2N5O3S/c1-2-25-17(28)15-16(23-18(30-15)24-5-3-4-6-24)26(19(25)29)10-14(27)22-13-8-11(20)7-12(21)9-13/h7-9H,2-6,10H2,1H3,(H,22,27). The third-order valence-electron chi connectivity index (χ3n) is 4.90. The summed E-state index contributed by atoms with van der Waals surface area (Å²) in [7, 11) is 0. The quantitative estimate of drug-likeness (QED) is 0.664. The van der Waals surface area contributed by atoms with Gasteiger partial charge in [0, 0.05) is 31.4 Å². The highest BCUT2D eigenvalue weighted by Gasteiger charge is 2.22. The number of halogens is 2. The lowest BCUT2D eigenvalue weighted by Gasteiger charge is -2.12. The first-order chi connectivity index (χ1) is 14.4. The molecule has 30 heavy (non-hydrogen) atoms. The summed E-state index contributed by atoms with van der Waals surface area (Å²) in [6, 6.07) is 2.64. The molecule has 0 saturated carbocycles. The molecule has 1 aliphatic rings. The van der Waals surface area contributed by atoms with Crippen molar-refractivity contribution in [1.29, 1.82) is 0 Å². The molecule has 2 aromatic heterocycles. The minimum Gasteiger partial charge on any atom is -0.348 e. The molecule has 0 radical (unpaired) electrons. The molecular formula is C19H19F2N5O3S. The number of amides is 1. The van der Waals surface area contributed by atoms with Crippen LogP contribution in [-0.4, -0.2) is 33.1 Å². The van der Waals surface area contributed by atoms with Gasteiger partial charge in [-0.3, -0.25) is 18.7 Å². The number of anilines is 2. The minimum absolute atomic E-state index is 0.0679. The smallest absolute Gasteiger partial charge is 0.333 e. The van der Waals surface area contributed by atoms with E-state index in [1.807, 2.05) is 4.90 Å². The van der Waals surface area contributed by atoms with Crippen molar-refractivity contribution in [1.82, 2.24) is 14.1 Å². The number of hydrogen-bond acceptors (Lipinski definition) is 6. The molecule has 1 aromatic carbocycles. The maximum absolute atomic E-state index is 13.4. The number of benzene rings is 1. The maximum atomic E-state index is 13.4. The van der Waals surface area contributed by atoms with Gasteiger partial charge in [0.1, 0.15) is 22.9 Å². The highest BCUT2D eigenvalue weighted by molar-refractivity contribution is 7.22. The monoisotopic (exact) mass is 435 g/mol. The third kappa shape index (κ3) is 3.72. The number of fused-ring (bicyclic) bond motifs is 1. The van der Waals surface area contributed by atoms with Crippen LogP contribution in [0.25, 0.3) is 10.3 Å². The van der Waals surface area contributed by atoms with E-state index >= 15 is 0 Å². The number of thiazole rings is 1. The van der Waals surface area contributed by atoms with Gasteiger partial charge in [0.15, 0.2) is 10.8 Å². The second kappa shape index (κ2) is 7.98. The Bertz CT molecular complexity index is 1220. The van der Waals surface area contributed by atoms with Crippen LogP contribution in [0.3, 0.4) is 0 Å². The molecule has 0 atom stereocenters. The molecule has 8 nitrogen and oxygen atoms in total. The second-order valence-corrected chi connectivity index (χ2v) is 7.95. The van der Waals surface area contributed by atoms with Crippen LogP contribution in [0.4, 0.5) is 19.6 Å². The highest BCUT2D eigenvalue weighted by Crippen LogP contribution is 2.28.